The third-order valence-electron chi connectivity index (χ3n) is 6.47. The molecule has 6 heteroatoms. The van der Waals surface area contributed by atoms with Gasteiger partial charge in [0, 0.05) is 30.9 Å². The van der Waals surface area contributed by atoms with E-state index >= 15 is 0 Å². The van der Waals surface area contributed by atoms with E-state index in [4.69, 9.17) is 0 Å². The Kier molecular flexibility index (Phi) is 10.2. The fraction of sp³-hybridized carbons (Fsp3) is 0.536. The Morgan fingerprint density at radius 2 is 1.71 bits per heavy atom. The summed E-state index contributed by atoms with van der Waals surface area (Å²) in [5.41, 5.74) is 6.57. The summed E-state index contributed by atoms with van der Waals surface area (Å²) in [5.74, 6) is -1.19. The molecule has 3 N–H and O–H groups in total. The maximum absolute atomic E-state index is 13.5. The van der Waals surface area contributed by atoms with Crippen LogP contribution in [-0.2, 0) is 17.4 Å². The quantitative estimate of drug-likeness (QED) is 0.269. The predicted octanol–water partition coefficient (Wildman–Crippen LogP) is 5.83. The minimum Gasteiger partial charge on any atom is -0.392 e. The first-order valence-electron chi connectivity index (χ1n) is 12.2. The second-order valence-corrected chi connectivity index (χ2v) is 10.2. The van der Waals surface area contributed by atoms with Gasteiger partial charge in [-0.25, -0.2) is 8.78 Å². The van der Waals surface area contributed by atoms with E-state index in [1.807, 2.05) is 6.92 Å². The second kappa shape index (κ2) is 12.4. The van der Waals surface area contributed by atoms with Gasteiger partial charge < -0.3 is 15.8 Å². The summed E-state index contributed by atoms with van der Waals surface area (Å²) in [6.45, 7) is 11.2. The first-order valence-corrected chi connectivity index (χ1v) is 12.2. The highest BCUT2D eigenvalue weighted by atomic mass is 19.1. The van der Waals surface area contributed by atoms with Crippen LogP contribution in [0.2, 0.25) is 0 Å². The standard InChI is InChI=1S/C28H41F2N3O/c1-7-28(14-13-20(2)33-31-6,23-10-8-9-22(17-23)27(3,4)5)32-19-26(34)12-11-21-15-24(29)18-25(30)16-21/h8-10,15-18,26,31-32,34H,7,11-14,19H2,1-6H3/b33-20+. The molecule has 4 nitrogen and oxygen atoms in total. The van der Waals surface area contributed by atoms with Crippen molar-refractivity contribution in [3.05, 3.63) is 70.8 Å². The van der Waals surface area contributed by atoms with Crippen molar-refractivity contribution >= 4 is 5.71 Å². The van der Waals surface area contributed by atoms with E-state index in [1.165, 1.54) is 23.3 Å². The van der Waals surface area contributed by atoms with Crippen LogP contribution in [0.4, 0.5) is 8.78 Å². The highest BCUT2D eigenvalue weighted by molar-refractivity contribution is 5.81. The number of rotatable bonds is 12. The van der Waals surface area contributed by atoms with Gasteiger partial charge in [-0.05, 0) is 73.3 Å². The molecule has 0 aromatic heterocycles. The van der Waals surface area contributed by atoms with Crippen molar-refractivity contribution in [3.63, 3.8) is 0 Å². The van der Waals surface area contributed by atoms with Crippen LogP contribution in [0.1, 0.15) is 77.0 Å². The molecule has 0 amide bonds. The molecule has 2 atom stereocenters. The number of benzene rings is 2. The molecule has 0 aliphatic heterocycles. The molecule has 0 saturated carbocycles. The molecule has 2 aromatic rings. The fourth-order valence-corrected chi connectivity index (χ4v) is 4.27. The van der Waals surface area contributed by atoms with Crippen molar-refractivity contribution < 1.29 is 13.9 Å². The van der Waals surface area contributed by atoms with Gasteiger partial charge in [0.1, 0.15) is 11.6 Å². The lowest BCUT2D eigenvalue weighted by atomic mass is 9.78. The van der Waals surface area contributed by atoms with Gasteiger partial charge >= 0.3 is 0 Å². The van der Waals surface area contributed by atoms with E-state index in [0.29, 0.717) is 24.9 Å². The molecule has 0 radical (unpaired) electrons. The highest BCUT2D eigenvalue weighted by Crippen LogP contribution is 2.34. The average molecular weight is 474 g/mol. The summed E-state index contributed by atoms with van der Waals surface area (Å²) < 4.78 is 27.0. The molecule has 0 spiro atoms. The van der Waals surface area contributed by atoms with Gasteiger partial charge in [0.2, 0.25) is 0 Å². The van der Waals surface area contributed by atoms with Gasteiger partial charge in [0.15, 0.2) is 0 Å². The summed E-state index contributed by atoms with van der Waals surface area (Å²) >= 11 is 0. The fourth-order valence-electron chi connectivity index (χ4n) is 4.27. The van der Waals surface area contributed by atoms with Crippen molar-refractivity contribution in [1.82, 2.24) is 10.7 Å². The normalized spacial score (nSPS) is 15.1. The van der Waals surface area contributed by atoms with Gasteiger partial charge in [-0.1, -0.05) is 52.0 Å². The maximum atomic E-state index is 13.5. The zero-order chi connectivity index (χ0) is 25.4. The third kappa shape index (κ3) is 8.17. The van der Waals surface area contributed by atoms with Crippen molar-refractivity contribution in [1.29, 1.82) is 0 Å². The number of aliphatic hydroxyl groups is 1. The Hall–Kier alpha value is -2.31. The zero-order valence-electron chi connectivity index (χ0n) is 21.5. The summed E-state index contributed by atoms with van der Waals surface area (Å²) in [4.78, 5) is 0. The molecule has 0 aliphatic rings. The number of halogens is 2. The van der Waals surface area contributed by atoms with Crippen LogP contribution in [0.5, 0.6) is 0 Å². The Morgan fingerprint density at radius 3 is 2.29 bits per heavy atom. The monoisotopic (exact) mass is 473 g/mol. The van der Waals surface area contributed by atoms with E-state index in [1.54, 1.807) is 7.05 Å². The molecule has 2 aromatic carbocycles. The number of aliphatic hydroxyl groups excluding tert-OH is 1. The largest absolute Gasteiger partial charge is 0.392 e. The summed E-state index contributed by atoms with van der Waals surface area (Å²) in [6, 6.07) is 12.2. The highest BCUT2D eigenvalue weighted by Gasteiger charge is 2.31. The average Bonchev–Trinajstić information content (AvgIpc) is 2.77. The Bertz CT molecular complexity index is 935. The van der Waals surface area contributed by atoms with Crippen molar-refractivity contribution in [2.45, 2.75) is 83.8 Å². The second-order valence-electron chi connectivity index (χ2n) is 10.2. The van der Waals surface area contributed by atoms with E-state index in [-0.39, 0.29) is 11.0 Å². The van der Waals surface area contributed by atoms with Gasteiger partial charge in [-0.3, -0.25) is 0 Å². The molecular formula is C28H41F2N3O. The van der Waals surface area contributed by atoms with Gasteiger partial charge in [0.05, 0.1) is 6.10 Å². The van der Waals surface area contributed by atoms with Crippen molar-refractivity contribution in [2.24, 2.45) is 5.10 Å². The molecule has 0 saturated heterocycles. The van der Waals surface area contributed by atoms with E-state index < -0.39 is 17.7 Å². The van der Waals surface area contributed by atoms with E-state index in [0.717, 1.165) is 31.0 Å². The lowest BCUT2D eigenvalue weighted by Gasteiger charge is -2.37. The van der Waals surface area contributed by atoms with Gasteiger partial charge in [-0.2, -0.15) is 5.10 Å². The number of hydrogen-bond donors (Lipinski definition) is 3. The topological polar surface area (TPSA) is 56.7 Å². The van der Waals surface area contributed by atoms with E-state index in [9.17, 15) is 13.9 Å². The first-order chi connectivity index (χ1) is 16.0. The minimum absolute atomic E-state index is 0.0265. The molecule has 0 bridgehead atoms. The van der Waals surface area contributed by atoms with E-state index in [2.05, 4.69) is 67.8 Å². The van der Waals surface area contributed by atoms with Crippen LogP contribution in [0.25, 0.3) is 0 Å². The Labute approximate surface area is 203 Å². The van der Waals surface area contributed by atoms with Gasteiger partial charge in [-0.15, -0.1) is 0 Å². The number of nitrogens with zero attached hydrogens (tertiary/aromatic N) is 1. The number of aryl methyl sites for hydroxylation is 1. The molecular weight excluding hydrogens is 432 g/mol. The smallest absolute Gasteiger partial charge is 0.126 e. The minimum atomic E-state index is -0.643. The number of nitrogens with one attached hydrogen (secondary N) is 2. The van der Waals surface area contributed by atoms with Gasteiger partial charge in [0.25, 0.3) is 0 Å². The summed E-state index contributed by atoms with van der Waals surface area (Å²) in [6.07, 6.45) is 2.66. The lowest BCUT2D eigenvalue weighted by Crippen LogP contribution is -2.46. The van der Waals surface area contributed by atoms with Crippen molar-refractivity contribution in [2.75, 3.05) is 13.6 Å². The number of hydrogen-bond acceptors (Lipinski definition) is 4. The Balaban J connectivity index is 2.20. The SMILES string of the molecule is CCC(CC/C(C)=N/NC)(NCC(O)CCc1cc(F)cc(F)c1)c1cccc(C(C)(C)C)c1. The molecule has 2 unspecified atom stereocenters. The Morgan fingerprint density at radius 1 is 1.06 bits per heavy atom. The zero-order valence-corrected chi connectivity index (χ0v) is 21.5. The van der Waals surface area contributed by atoms with Crippen LogP contribution in [0.15, 0.2) is 47.6 Å². The molecule has 34 heavy (non-hydrogen) atoms. The molecule has 188 valence electrons. The summed E-state index contributed by atoms with van der Waals surface area (Å²) in [7, 11) is 1.79. The van der Waals surface area contributed by atoms with Crippen LogP contribution < -0.4 is 10.7 Å². The molecule has 0 aliphatic carbocycles. The predicted molar refractivity (Wildman–Crippen MR) is 137 cm³/mol. The lowest BCUT2D eigenvalue weighted by molar-refractivity contribution is 0.141. The van der Waals surface area contributed by atoms with Crippen molar-refractivity contribution in [3.8, 4) is 0 Å². The van der Waals surface area contributed by atoms with Crippen LogP contribution in [-0.4, -0.2) is 30.5 Å². The maximum Gasteiger partial charge on any atom is 0.126 e. The molecule has 0 heterocycles. The third-order valence-corrected chi connectivity index (χ3v) is 6.47. The van der Waals surface area contributed by atoms with Crippen LogP contribution in [0.3, 0.4) is 0 Å². The van der Waals surface area contributed by atoms with Crippen LogP contribution in [0, 0.1) is 11.6 Å². The molecule has 0 fully saturated rings. The summed E-state index contributed by atoms with van der Waals surface area (Å²) in [5, 5.41) is 18.7. The molecule has 2 rings (SSSR count). The first kappa shape index (κ1) is 27.9. The number of hydrazone groups is 1. The van der Waals surface area contributed by atoms with Crippen LogP contribution >= 0.6 is 0 Å².